The Bertz CT molecular complexity index is 230. The van der Waals surface area contributed by atoms with Crippen LogP contribution in [0.4, 0.5) is 0 Å². The van der Waals surface area contributed by atoms with Gasteiger partial charge in [0.15, 0.2) is 0 Å². The van der Waals surface area contributed by atoms with Gasteiger partial charge in [-0.15, -0.1) is 0 Å². The predicted octanol–water partition coefficient (Wildman–Crippen LogP) is 1.34. The molecule has 1 heterocycles. The van der Waals surface area contributed by atoms with Gasteiger partial charge in [-0.3, -0.25) is 9.69 Å². The second kappa shape index (κ2) is 5.08. The molecule has 0 aromatic rings. The molecule has 0 aromatic carbocycles. The fourth-order valence-corrected chi connectivity index (χ4v) is 2.95. The van der Waals surface area contributed by atoms with Crippen LogP contribution in [0.15, 0.2) is 0 Å². The molecule has 1 aliphatic carbocycles. The maximum absolute atomic E-state index is 11.3. The van der Waals surface area contributed by atoms with Crippen molar-refractivity contribution in [3.05, 3.63) is 0 Å². The van der Waals surface area contributed by atoms with E-state index in [1.165, 1.54) is 19.3 Å². The molecule has 1 saturated heterocycles. The number of hydrogen-bond donors (Lipinski definition) is 1. The summed E-state index contributed by atoms with van der Waals surface area (Å²) in [6.07, 6.45) is 7.30. The van der Waals surface area contributed by atoms with Crippen molar-refractivity contribution in [3.63, 3.8) is 0 Å². The minimum absolute atomic E-state index is 0.255. The topological polar surface area (TPSA) is 40.5 Å². The number of likely N-dealkylation sites (tertiary alicyclic amines) is 1. The Labute approximate surface area is 91.5 Å². The molecule has 3 nitrogen and oxygen atoms in total. The summed E-state index contributed by atoms with van der Waals surface area (Å²) in [6, 6.07) is 0.733. The zero-order valence-corrected chi connectivity index (χ0v) is 9.32. The Kier molecular flexibility index (Phi) is 3.76. The molecule has 2 rings (SSSR count). The number of aliphatic hydroxyl groups excluding tert-OH is 1. The fraction of sp³-hybridized carbons (Fsp3) is 0.917. The third-order valence-electron chi connectivity index (χ3n) is 3.82. The molecule has 2 atom stereocenters. The van der Waals surface area contributed by atoms with Gasteiger partial charge in [0.1, 0.15) is 5.78 Å². The first kappa shape index (κ1) is 11.1. The third kappa shape index (κ3) is 2.58. The van der Waals surface area contributed by atoms with Crippen LogP contribution in [0.5, 0.6) is 0 Å². The van der Waals surface area contributed by atoms with Gasteiger partial charge in [-0.25, -0.2) is 0 Å². The molecule has 0 radical (unpaired) electrons. The van der Waals surface area contributed by atoms with Gasteiger partial charge in [-0.2, -0.15) is 0 Å². The average Bonchev–Trinajstić information content (AvgIpc) is 2.54. The lowest BCUT2D eigenvalue weighted by Gasteiger charge is -2.33. The Hall–Kier alpha value is -0.410. The summed E-state index contributed by atoms with van der Waals surface area (Å²) < 4.78 is 0. The molecule has 15 heavy (non-hydrogen) atoms. The molecule has 0 bridgehead atoms. The highest BCUT2D eigenvalue weighted by molar-refractivity contribution is 5.81. The van der Waals surface area contributed by atoms with Crippen LogP contribution in [0, 0.1) is 0 Å². The van der Waals surface area contributed by atoms with Crippen molar-refractivity contribution < 1.29 is 9.90 Å². The largest absolute Gasteiger partial charge is 0.395 e. The lowest BCUT2D eigenvalue weighted by Crippen LogP contribution is -2.43. The first-order valence-electron chi connectivity index (χ1n) is 6.19. The zero-order chi connectivity index (χ0) is 10.7. The lowest BCUT2D eigenvalue weighted by molar-refractivity contribution is -0.117. The summed E-state index contributed by atoms with van der Waals surface area (Å²) in [5.74, 6) is 0.404. The number of nitrogens with zero attached hydrogens (tertiary/aromatic N) is 1. The van der Waals surface area contributed by atoms with E-state index in [-0.39, 0.29) is 6.61 Å². The first-order chi connectivity index (χ1) is 7.31. The standard InChI is InChI=1S/C12H21NO2/c14-9-11-4-2-1-3-7-13(11)10-5-6-12(15)8-10/h10-11,14H,1-9H2. The quantitative estimate of drug-likeness (QED) is 0.749. The number of carbonyl (C=O) groups is 1. The smallest absolute Gasteiger partial charge is 0.134 e. The maximum Gasteiger partial charge on any atom is 0.134 e. The number of hydrogen-bond acceptors (Lipinski definition) is 3. The normalized spacial score (nSPS) is 34.3. The first-order valence-corrected chi connectivity index (χ1v) is 6.19. The molecule has 2 aliphatic rings. The monoisotopic (exact) mass is 211 g/mol. The second-order valence-electron chi connectivity index (χ2n) is 4.86. The van der Waals surface area contributed by atoms with Crippen molar-refractivity contribution >= 4 is 5.78 Å². The van der Waals surface area contributed by atoms with Crippen molar-refractivity contribution in [1.29, 1.82) is 0 Å². The molecule has 3 heteroatoms. The van der Waals surface area contributed by atoms with Crippen molar-refractivity contribution in [2.75, 3.05) is 13.2 Å². The Morgan fingerprint density at radius 1 is 1.27 bits per heavy atom. The number of rotatable bonds is 2. The van der Waals surface area contributed by atoms with Crippen LogP contribution in [-0.4, -0.2) is 41.0 Å². The van der Waals surface area contributed by atoms with Crippen LogP contribution in [0.25, 0.3) is 0 Å². The molecule has 1 N–H and O–H groups in total. The number of carbonyl (C=O) groups excluding carboxylic acids is 1. The van der Waals surface area contributed by atoms with E-state index in [1.54, 1.807) is 0 Å². The molecule has 2 unspecified atom stereocenters. The lowest BCUT2D eigenvalue weighted by atomic mass is 10.1. The molecule has 2 fully saturated rings. The van der Waals surface area contributed by atoms with E-state index >= 15 is 0 Å². The molecule has 1 aliphatic heterocycles. The van der Waals surface area contributed by atoms with Gasteiger partial charge < -0.3 is 5.11 Å². The molecule has 0 spiro atoms. The molecule has 86 valence electrons. The van der Waals surface area contributed by atoms with Crippen molar-refractivity contribution in [1.82, 2.24) is 4.90 Å². The minimum Gasteiger partial charge on any atom is -0.395 e. The van der Waals surface area contributed by atoms with Crippen LogP contribution >= 0.6 is 0 Å². The van der Waals surface area contributed by atoms with Gasteiger partial charge in [-0.1, -0.05) is 12.8 Å². The van der Waals surface area contributed by atoms with Crippen LogP contribution in [0.1, 0.15) is 44.9 Å². The zero-order valence-electron chi connectivity index (χ0n) is 9.32. The van der Waals surface area contributed by atoms with E-state index in [0.717, 1.165) is 32.2 Å². The van der Waals surface area contributed by atoms with Crippen molar-refractivity contribution in [2.24, 2.45) is 0 Å². The minimum atomic E-state index is 0.255. The maximum atomic E-state index is 11.3. The van der Waals surface area contributed by atoms with Gasteiger partial charge in [-0.05, 0) is 25.8 Å². The highest BCUT2D eigenvalue weighted by atomic mass is 16.3. The van der Waals surface area contributed by atoms with Crippen LogP contribution in [-0.2, 0) is 4.79 Å². The van der Waals surface area contributed by atoms with Gasteiger partial charge in [0, 0.05) is 24.9 Å². The van der Waals surface area contributed by atoms with Gasteiger partial charge in [0.2, 0.25) is 0 Å². The third-order valence-corrected chi connectivity index (χ3v) is 3.82. The van der Waals surface area contributed by atoms with E-state index < -0.39 is 0 Å². The van der Waals surface area contributed by atoms with Gasteiger partial charge in [0.05, 0.1) is 6.61 Å². The Morgan fingerprint density at radius 3 is 2.80 bits per heavy atom. The molecule has 0 amide bonds. The summed E-state index contributed by atoms with van der Waals surface area (Å²) in [5, 5.41) is 9.39. The molecular formula is C12H21NO2. The highest BCUT2D eigenvalue weighted by Crippen LogP contribution is 2.27. The molecule has 0 aromatic heterocycles. The second-order valence-corrected chi connectivity index (χ2v) is 4.86. The summed E-state index contributed by atoms with van der Waals surface area (Å²) in [4.78, 5) is 13.7. The van der Waals surface area contributed by atoms with Gasteiger partial charge in [0.25, 0.3) is 0 Å². The highest BCUT2D eigenvalue weighted by Gasteiger charge is 2.32. The predicted molar refractivity (Wildman–Crippen MR) is 58.7 cm³/mol. The Balaban J connectivity index is 1.99. The van der Waals surface area contributed by atoms with E-state index in [1.807, 2.05) is 0 Å². The van der Waals surface area contributed by atoms with E-state index in [2.05, 4.69) is 4.90 Å². The van der Waals surface area contributed by atoms with Crippen molar-refractivity contribution in [3.8, 4) is 0 Å². The molecular weight excluding hydrogens is 190 g/mol. The molecule has 1 saturated carbocycles. The van der Waals surface area contributed by atoms with Gasteiger partial charge >= 0.3 is 0 Å². The van der Waals surface area contributed by atoms with Crippen LogP contribution < -0.4 is 0 Å². The van der Waals surface area contributed by atoms with Crippen molar-refractivity contribution in [2.45, 2.75) is 57.0 Å². The summed E-state index contributed by atoms with van der Waals surface area (Å²) in [6.45, 7) is 1.33. The Morgan fingerprint density at radius 2 is 2.13 bits per heavy atom. The number of aliphatic hydroxyl groups is 1. The summed E-state index contributed by atoms with van der Waals surface area (Å²) in [7, 11) is 0. The average molecular weight is 211 g/mol. The fourth-order valence-electron chi connectivity index (χ4n) is 2.95. The van der Waals surface area contributed by atoms with Crippen LogP contribution in [0.3, 0.4) is 0 Å². The van der Waals surface area contributed by atoms with E-state index in [4.69, 9.17) is 0 Å². The number of ketones is 1. The number of Topliss-reactive ketones (excluding diaryl/α,β-unsaturated/α-hetero) is 1. The van der Waals surface area contributed by atoms with E-state index in [9.17, 15) is 9.90 Å². The SMILES string of the molecule is O=C1CCC(N2CCCCCC2CO)C1. The van der Waals surface area contributed by atoms with E-state index in [0.29, 0.717) is 17.9 Å². The summed E-state index contributed by atoms with van der Waals surface area (Å²) >= 11 is 0. The van der Waals surface area contributed by atoms with Crippen LogP contribution in [0.2, 0.25) is 0 Å². The summed E-state index contributed by atoms with van der Waals surface area (Å²) in [5.41, 5.74) is 0.